The molecule has 0 atom stereocenters. The second kappa shape index (κ2) is 10.9. The molecular weight excluding hydrogens is 585 g/mol. The maximum atomic E-state index is 10.4. The second-order valence-corrected chi connectivity index (χ2v) is 12.0. The third kappa shape index (κ3) is 4.14. The third-order valence-corrected chi connectivity index (χ3v) is 9.38. The van der Waals surface area contributed by atoms with Crippen LogP contribution in [0.4, 0.5) is 5.69 Å². The van der Waals surface area contributed by atoms with E-state index in [9.17, 15) is 5.26 Å². The Bertz CT molecular complexity index is 2750. The zero-order valence-electron chi connectivity index (χ0n) is 25.8. The van der Waals surface area contributed by atoms with Crippen LogP contribution in [0, 0.1) is 17.9 Å². The Hall–Kier alpha value is -6.88. The van der Waals surface area contributed by atoms with Crippen molar-refractivity contribution in [1.29, 1.82) is 5.26 Å². The minimum atomic E-state index is 0.580. The Balaban J connectivity index is 1.19. The van der Waals surface area contributed by atoms with Crippen molar-refractivity contribution in [3.63, 3.8) is 0 Å². The number of fused-ring (bicyclic) bond motifs is 6. The van der Waals surface area contributed by atoms with E-state index in [4.69, 9.17) is 6.57 Å². The third-order valence-electron chi connectivity index (χ3n) is 9.38. The van der Waals surface area contributed by atoms with Crippen LogP contribution in [0.2, 0.25) is 0 Å². The first kappa shape index (κ1) is 27.4. The number of hydrogen-bond donors (Lipinski definition) is 0. The number of benzene rings is 7. The fraction of sp³-hybridized carbons (Fsp3) is 0. The lowest BCUT2D eigenvalue weighted by Gasteiger charge is -2.16. The van der Waals surface area contributed by atoms with E-state index in [2.05, 4.69) is 135 Å². The van der Waals surface area contributed by atoms with Gasteiger partial charge in [-0.25, -0.2) is 4.85 Å². The van der Waals surface area contributed by atoms with Crippen molar-refractivity contribution in [3.05, 3.63) is 175 Å². The Morgan fingerprint density at radius 1 is 0.479 bits per heavy atom. The Morgan fingerprint density at radius 3 is 1.71 bits per heavy atom. The van der Waals surface area contributed by atoms with Crippen LogP contribution in [0.25, 0.3) is 82.1 Å². The lowest BCUT2D eigenvalue weighted by Crippen LogP contribution is -1.99. The average molecular weight is 611 g/mol. The van der Waals surface area contributed by atoms with Crippen molar-refractivity contribution < 1.29 is 0 Å². The van der Waals surface area contributed by atoms with Gasteiger partial charge < -0.3 is 9.13 Å². The largest absolute Gasteiger partial charge is 0.310 e. The normalized spacial score (nSPS) is 11.3. The highest BCUT2D eigenvalue weighted by Gasteiger charge is 2.19. The predicted octanol–water partition coefficient (Wildman–Crippen LogP) is 11.6. The van der Waals surface area contributed by atoms with Gasteiger partial charge in [0.05, 0.1) is 40.4 Å². The zero-order valence-corrected chi connectivity index (χ0v) is 25.8. The lowest BCUT2D eigenvalue weighted by molar-refractivity contribution is 1.18. The highest BCUT2D eigenvalue weighted by Crippen LogP contribution is 2.40. The molecule has 0 unspecified atom stereocenters. The molecular formula is C44H26N4. The molecule has 0 saturated carbocycles. The van der Waals surface area contributed by atoms with Crippen molar-refractivity contribution in [2.75, 3.05) is 0 Å². The van der Waals surface area contributed by atoms with E-state index >= 15 is 0 Å². The molecule has 0 aliphatic rings. The van der Waals surface area contributed by atoms with Gasteiger partial charge in [0.15, 0.2) is 5.69 Å². The highest BCUT2D eigenvalue weighted by molar-refractivity contribution is 6.11. The zero-order chi connectivity index (χ0) is 32.2. The van der Waals surface area contributed by atoms with Crippen LogP contribution >= 0.6 is 0 Å². The maximum absolute atomic E-state index is 10.4. The van der Waals surface area contributed by atoms with Gasteiger partial charge in [0.1, 0.15) is 0 Å². The van der Waals surface area contributed by atoms with E-state index in [-0.39, 0.29) is 0 Å². The summed E-state index contributed by atoms with van der Waals surface area (Å²) in [4.78, 5) is 3.72. The van der Waals surface area contributed by atoms with E-state index in [1.807, 2.05) is 42.5 Å². The number of hydrogen-bond acceptors (Lipinski definition) is 1. The molecule has 0 fully saturated rings. The molecule has 0 aliphatic heterocycles. The number of nitrogens with zero attached hydrogens (tertiary/aromatic N) is 4. The fourth-order valence-electron chi connectivity index (χ4n) is 7.27. The first-order valence-corrected chi connectivity index (χ1v) is 15.9. The van der Waals surface area contributed by atoms with Crippen LogP contribution < -0.4 is 0 Å². The van der Waals surface area contributed by atoms with Crippen LogP contribution in [-0.2, 0) is 0 Å². The molecule has 0 bridgehead atoms. The first-order chi connectivity index (χ1) is 23.7. The maximum Gasteiger partial charge on any atom is 0.189 e. The SMILES string of the molecule is [C-]#[N+]c1ccc2c3ccccc3n(-c3cccc(C#N)c3-c3cccc(-c4ccc(-n5c6ccccc6c6ccccc65)cc4)c3)c2c1. The first-order valence-electron chi connectivity index (χ1n) is 15.9. The quantitative estimate of drug-likeness (QED) is 0.183. The van der Waals surface area contributed by atoms with Crippen LogP contribution in [0.1, 0.15) is 5.56 Å². The summed E-state index contributed by atoms with van der Waals surface area (Å²) in [7, 11) is 0. The summed E-state index contributed by atoms with van der Waals surface area (Å²) >= 11 is 0. The van der Waals surface area contributed by atoms with Crippen molar-refractivity contribution in [1.82, 2.24) is 9.13 Å². The van der Waals surface area contributed by atoms with Gasteiger partial charge >= 0.3 is 0 Å². The Labute approximate surface area is 277 Å². The summed E-state index contributed by atoms with van der Waals surface area (Å²) in [6.07, 6.45) is 0. The van der Waals surface area contributed by atoms with Gasteiger partial charge in [0, 0.05) is 38.3 Å². The summed E-state index contributed by atoms with van der Waals surface area (Å²) in [6.45, 7) is 7.67. The van der Waals surface area contributed by atoms with E-state index in [0.717, 1.165) is 55.4 Å². The van der Waals surface area contributed by atoms with Crippen LogP contribution in [0.3, 0.4) is 0 Å². The molecule has 48 heavy (non-hydrogen) atoms. The summed E-state index contributed by atoms with van der Waals surface area (Å²) in [5.74, 6) is 0. The second-order valence-electron chi connectivity index (χ2n) is 12.0. The topological polar surface area (TPSA) is 38.0 Å². The van der Waals surface area contributed by atoms with Crippen LogP contribution in [0.15, 0.2) is 158 Å². The molecule has 2 aromatic heterocycles. The molecule has 4 nitrogen and oxygen atoms in total. The number of aromatic nitrogens is 2. The van der Waals surface area contributed by atoms with E-state index in [1.165, 1.54) is 21.8 Å². The van der Waals surface area contributed by atoms with E-state index < -0.39 is 0 Å². The molecule has 9 rings (SSSR count). The minimum absolute atomic E-state index is 0.580. The lowest BCUT2D eigenvalue weighted by atomic mass is 9.94. The summed E-state index contributed by atoms with van der Waals surface area (Å²) in [5.41, 5.74) is 11.5. The highest BCUT2D eigenvalue weighted by atomic mass is 15.0. The van der Waals surface area contributed by atoms with E-state index in [1.54, 1.807) is 0 Å². The molecule has 0 aliphatic carbocycles. The molecule has 4 heteroatoms. The monoisotopic (exact) mass is 610 g/mol. The Kier molecular flexibility index (Phi) is 6.22. The van der Waals surface area contributed by atoms with Crippen LogP contribution in [-0.4, -0.2) is 9.13 Å². The van der Waals surface area contributed by atoms with Gasteiger partial charge in [0.25, 0.3) is 0 Å². The number of rotatable bonds is 4. The number of para-hydroxylation sites is 3. The summed E-state index contributed by atoms with van der Waals surface area (Å²) in [5, 5.41) is 15.0. The molecule has 0 saturated heterocycles. The molecule has 222 valence electrons. The molecule has 0 radical (unpaired) electrons. The Morgan fingerprint density at radius 2 is 1.06 bits per heavy atom. The molecule has 9 aromatic rings. The van der Waals surface area contributed by atoms with Gasteiger partial charge in [-0.3, -0.25) is 0 Å². The van der Waals surface area contributed by atoms with Crippen molar-refractivity contribution in [2.45, 2.75) is 0 Å². The molecule has 0 spiro atoms. The molecule has 2 heterocycles. The van der Waals surface area contributed by atoms with E-state index in [0.29, 0.717) is 11.3 Å². The van der Waals surface area contributed by atoms with Crippen LogP contribution in [0.5, 0.6) is 0 Å². The van der Waals surface area contributed by atoms with Gasteiger partial charge in [-0.1, -0.05) is 103 Å². The summed E-state index contributed by atoms with van der Waals surface area (Å²) in [6, 6.07) is 56.7. The molecule has 0 N–H and O–H groups in total. The molecule has 7 aromatic carbocycles. The van der Waals surface area contributed by atoms with Gasteiger partial charge in [-0.05, 0) is 71.3 Å². The van der Waals surface area contributed by atoms with Gasteiger partial charge in [-0.15, -0.1) is 0 Å². The fourth-order valence-corrected chi connectivity index (χ4v) is 7.27. The van der Waals surface area contributed by atoms with Crippen molar-refractivity contribution in [2.24, 2.45) is 0 Å². The molecule has 0 amide bonds. The van der Waals surface area contributed by atoms with Crippen molar-refractivity contribution >= 4 is 49.3 Å². The smallest absolute Gasteiger partial charge is 0.189 e. The van der Waals surface area contributed by atoms with Gasteiger partial charge in [-0.2, -0.15) is 5.26 Å². The summed E-state index contributed by atoms with van der Waals surface area (Å²) < 4.78 is 4.52. The van der Waals surface area contributed by atoms with Gasteiger partial charge in [0.2, 0.25) is 0 Å². The minimum Gasteiger partial charge on any atom is -0.310 e. The predicted molar refractivity (Wildman–Crippen MR) is 197 cm³/mol. The number of nitriles is 1. The van der Waals surface area contributed by atoms with Crippen molar-refractivity contribution in [3.8, 4) is 39.7 Å². The standard InChI is InChI=1S/C44H26N4/c1-46-33-22-25-38-37-15-4-7-18-41(37)48(43(38)27-33)42-19-9-12-32(28-45)44(42)31-11-8-10-30(26-31)29-20-23-34(24-21-29)47-39-16-5-2-13-35(39)36-14-3-6-17-40(36)47/h2-27H. The average Bonchev–Trinajstić information content (AvgIpc) is 3.67.